The predicted molar refractivity (Wildman–Crippen MR) is 57.1 cm³/mol. The summed E-state index contributed by atoms with van der Waals surface area (Å²) in [6.45, 7) is 1.06. The lowest BCUT2D eigenvalue weighted by atomic mass is 9.96. The van der Waals surface area contributed by atoms with E-state index < -0.39 is 0 Å². The largest absolute Gasteiger partial charge is 0.508 e. The number of hydrogen-bond acceptors (Lipinski definition) is 3. The number of aromatic hydroxyl groups is 1. The van der Waals surface area contributed by atoms with Crippen LogP contribution >= 0.6 is 0 Å². The zero-order valence-corrected chi connectivity index (χ0v) is 8.16. The van der Waals surface area contributed by atoms with Crippen LogP contribution in [0.1, 0.15) is 30.9 Å². The summed E-state index contributed by atoms with van der Waals surface area (Å²) in [5, 5.41) is 12.7. The highest BCUT2D eigenvalue weighted by atomic mass is 16.3. The van der Waals surface area contributed by atoms with Crippen molar-refractivity contribution in [2.45, 2.75) is 25.3 Å². The number of piperidine rings is 1. The van der Waals surface area contributed by atoms with E-state index in [2.05, 4.69) is 5.32 Å². The van der Waals surface area contributed by atoms with Crippen LogP contribution < -0.4 is 11.1 Å². The monoisotopic (exact) mass is 192 g/mol. The van der Waals surface area contributed by atoms with E-state index in [4.69, 9.17) is 5.73 Å². The maximum atomic E-state index is 9.24. The summed E-state index contributed by atoms with van der Waals surface area (Å²) in [6, 6.07) is 5.59. The summed E-state index contributed by atoms with van der Waals surface area (Å²) in [6.07, 6.45) is 3.63. The number of nitrogens with one attached hydrogen (secondary N) is 1. The third-order valence-corrected chi connectivity index (χ3v) is 2.76. The Morgan fingerprint density at radius 2 is 2.21 bits per heavy atom. The van der Waals surface area contributed by atoms with Crippen LogP contribution in [0.25, 0.3) is 0 Å². The van der Waals surface area contributed by atoms with Crippen molar-refractivity contribution in [3.8, 4) is 5.75 Å². The molecule has 0 amide bonds. The van der Waals surface area contributed by atoms with Gasteiger partial charge in [0.1, 0.15) is 5.75 Å². The molecule has 1 heterocycles. The molecule has 1 fully saturated rings. The molecule has 0 saturated carbocycles. The number of nitrogens with two attached hydrogens (primary N) is 1. The molecule has 1 saturated heterocycles. The summed E-state index contributed by atoms with van der Waals surface area (Å²) in [5.41, 5.74) is 7.65. The van der Waals surface area contributed by atoms with Crippen LogP contribution in [-0.4, -0.2) is 11.7 Å². The number of benzene rings is 1. The second-order valence-corrected chi connectivity index (χ2v) is 3.82. The van der Waals surface area contributed by atoms with Gasteiger partial charge in [-0.05, 0) is 31.0 Å². The minimum absolute atomic E-state index is 0.238. The van der Waals surface area contributed by atoms with Gasteiger partial charge in [0, 0.05) is 17.8 Å². The second-order valence-electron chi connectivity index (χ2n) is 3.82. The highest BCUT2D eigenvalue weighted by Crippen LogP contribution is 2.29. The summed E-state index contributed by atoms with van der Waals surface area (Å²) in [4.78, 5) is 0. The smallest absolute Gasteiger partial charge is 0.117 e. The van der Waals surface area contributed by atoms with Crippen LogP contribution in [0, 0.1) is 0 Å². The van der Waals surface area contributed by atoms with E-state index in [0.717, 1.165) is 18.5 Å². The van der Waals surface area contributed by atoms with Gasteiger partial charge in [-0.1, -0.05) is 12.5 Å². The Labute approximate surface area is 83.9 Å². The Kier molecular flexibility index (Phi) is 2.59. The summed E-state index contributed by atoms with van der Waals surface area (Å²) >= 11 is 0. The number of anilines is 1. The Hall–Kier alpha value is -1.22. The summed E-state index contributed by atoms with van der Waals surface area (Å²) in [7, 11) is 0. The SMILES string of the molecule is Nc1cc(O)ccc1[C@H]1CCCCN1. The highest BCUT2D eigenvalue weighted by Gasteiger charge is 2.16. The molecule has 1 aliphatic heterocycles. The fraction of sp³-hybridized carbons (Fsp3) is 0.455. The van der Waals surface area contributed by atoms with Gasteiger partial charge in [-0.2, -0.15) is 0 Å². The first kappa shape index (κ1) is 9.34. The standard InChI is InChI=1S/C11H16N2O/c12-10-7-8(14)4-5-9(10)11-3-1-2-6-13-11/h4-5,7,11,13-14H,1-3,6,12H2/t11-/m1/s1. The van der Waals surface area contributed by atoms with E-state index in [1.807, 2.05) is 6.07 Å². The molecule has 1 aromatic carbocycles. The van der Waals surface area contributed by atoms with Crippen molar-refractivity contribution in [1.82, 2.24) is 5.32 Å². The van der Waals surface area contributed by atoms with Gasteiger partial charge in [0.15, 0.2) is 0 Å². The first-order valence-electron chi connectivity index (χ1n) is 5.09. The molecule has 3 nitrogen and oxygen atoms in total. The van der Waals surface area contributed by atoms with E-state index in [1.165, 1.54) is 12.8 Å². The van der Waals surface area contributed by atoms with Gasteiger partial charge in [0.2, 0.25) is 0 Å². The van der Waals surface area contributed by atoms with Crippen molar-refractivity contribution in [3.05, 3.63) is 23.8 Å². The third-order valence-electron chi connectivity index (χ3n) is 2.76. The van der Waals surface area contributed by atoms with Crippen molar-refractivity contribution < 1.29 is 5.11 Å². The molecule has 0 aromatic heterocycles. The maximum absolute atomic E-state index is 9.24. The van der Waals surface area contributed by atoms with Gasteiger partial charge in [0.25, 0.3) is 0 Å². The van der Waals surface area contributed by atoms with Crippen LogP contribution in [0.5, 0.6) is 5.75 Å². The molecule has 0 unspecified atom stereocenters. The van der Waals surface area contributed by atoms with Gasteiger partial charge in [-0.3, -0.25) is 0 Å². The first-order valence-corrected chi connectivity index (χ1v) is 5.09. The Balaban J connectivity index is 2.22. The van der Waals surface area contributed by atoms with E-state index >= 15 is 0 Å². The van der Waals surface area contributed by atoms with Crippen molar-refractivity contribution in [2.24, 2.45) is 0 Å². The Morgan fingerprint density at radius 3 is 2.86 bits per heavy atom. The number of rotatable bonds is 1. The maximum Gasteiger partial charge on any atom is 0.117 e. The number of phenolic OH excluding ortho intramolecular Hbond substituents is 1. The minimum atomic E-state index is 0.238. The molecule has 1 atom stereocenters. The minimum Gasteiger partial charge on any atom is -0.508 e. The van der Waals surface area contributed by atoms with Crippen molar-refractivity contribution >= 4 is 5.69 Å². The molecule has 1 aromatic rings. The molecular weight excluding hydrogens is 176 g/mol. The average Bonchev–Trinajstić information content (AvgIpc) is 2.19. The lowest BCUT2D eigenvalue weighted by molar-refractivity contribution is 0.412. The van der Waals surface area contributed by atoms with E-state index in [9.17, 15) is 5.11 Å². The van der Waals surface area contributed by atoms with Crippen molar-refractivity contribution in [2.75, 3.05) is 12.3 Å². The molecule has 2 rings (SSSR count). The van der Waals surface area contributed by atoms with Crippen molar-refractivity contribution in [3.63, 3.8) is 0 Å². The van der Waals surface area contributed by atoms with Crippen LogP contribution in [0.4, 0.5) is 5.69 Å². The topological polar surface area (TPSA) is 58.3 Å². The molecule has 0 spiro atoms. The Bertz CT molecular complexity index is 319. The zero-order chi connectivity index (χ0) is 9.97. The zero-order valence-electron chi connectivity index (χ0n) is 8.16. The van der Waals surface area contributed by atoms with Crippen LogP contribution in [0.15, 0.2) is 18.2 Å². The third kappa shape index (κ3) is 1.82. The van der Waals surface area contributed by atoms with Gasteiger partial charge < -0.3 is 16.2 Å². The number of phenols is 1. The van der Waals surface area contributed by atoms with Gasteiger partial charge in [-0.25, -0.2) is 0 Å². The van der Waals surface area contributed by atoms with Gasteiger partial charge in [0.05, 0.1) is 0 Å². The molecule has 0 radical (unpaired) electrons. The lowest BCUT2D eigenvalue weighted by Crippen LogP contribution is -2.27. The van der Waals surface area contributed by atoms with Crippen LogP contribution in [-0.2, 0) is 0 Å². The molecule has 0 bridgehead atoms. The molecule has 4 N–H and O–H groups in total. The van der Waals surface area contributed by atoms with E-state index in [-0.39, 0.29) is 5.75 Å². The average molecular weight is 192 g/mol. The van der Waals surface area contributed by atoms with Crippen LogP contribution in [0.3, 0.4) is 0 Å². The fourth-order valence-corrected chi connectivity index (χ4v) is 2.00. The molecular formula is C11H16N2O. The predicted octanol–water partition coefficient (Wildman–Crippen LogP) is 1.79. The first-order chi connectivity index (χ1) is 6.77. The molecule has 1 aliphatic rings. The summed E-state index contributed by atoms with van der Waals surface area (Å²) in [5.74, 6) is 0.238. The molecule has 14 heavy (non-hydrogen) atoms. The fourth-order valence-electron chi connectivity index (χ4n) is 2.00. The normalized spacial score (nSPS) is 22.1. The lowest BCUT2D eigenvalue weighted by Gasteiger charge is -2.24. The highest BCUT2D eigenvalue weighted by molar-refractivity contribution is 5.52. The quantitative estimate of drug-likeness (QED) is 0.594. The van der Waals surface area contributed by atoms with E-state index in [1.54, 1.807) is 12.1 Å². The summed E-state index contributed by atoms with van der Waals surface area (Å²) < 4.78 is 0. The molecule has 76 valence electrons. The number of nitrogen functional groups attached to an aromatic ring is 1. The van der Waals surface area contributed by atoms with Gasteiger partial charge in [-0.15, -0.1) is 0 Å². The molecule has 0 aliphatic carbocycles. The van der Waals surface area contributed by atoms with Crippen molar-refractivity contribution in [1.29, 1.82) is 0 Å². The van der Waals surface area contributed by atoms with Gasteiger partial charge >= 0.3 is 0 Å². The second kappa shape index (κ2) is 3.88. The molecule has 3 heteroatoms. The van der Waals surface area contributed by atoms with E-state index in [0.29, 0.717) is 11.7 Å². The number of hydrogen-bond donors (Lipinski definition) is 3. The van der Waals surface area contributed by atoms with Crippen LogP contribution in [0.2, 0.25) is 0 Å². The Morgan fingerprint density at radius 1 is 1.36 bits per heavy atom.